The number of fused-ring (bicyclic) bond motifs is 3. The average Bonchev–Trinajstić information content (AvgIpc) is 3.21. The molecule has 2 heterocycles. The highest BCUT2D eigenvalue weighted by atomic mass is 35.5. The number of carbonyl (C=O) groups excluding carboxylic acids is 2. The van der Waals surface area contributed by atoms with Gasteiger partial charge >= 0.3 is 0 Å². The lowest BCUT2D eigenvalue weighted by Gasteiger charge is -2.15. The molecule has 1 atom stereocenters. The summed E-state index contributed by atoms with van der Waals surface area (Å²) in [6.07, 6.45) is 2.39. The molecule has 0 unspecified atom stereocenters. The van der Waals surface area contributed by atoms with E-state index in [1.165, 1.54) is 0 Å². The second-order valence-corrected chi connectivity index (χ2v) is 9.35. The Labute approximate surface area is 214 Å². The predicted molar refractivity (Wildman–Crippen MR) is 141 cm³/mol. The largest absolute Gasteiger partial charge is 0.300 e. The zero-order valence-electron chi connectivity index (χ0n) is 20.1. The van der Waals surface area contributed by atoms with Crippen LogP contribution in [-0.4, -0.2) is 32.5 Å². The number of halogens is 1. The number of aryl methyl sites for hydroxylation is 1. The van der Waals surface area contributed by atoms with Crippen molar-refractivity contribution in [1.29, 1.82) is 0 Å². The summed E-state index contributed by atoms with van der Waals surface area (Å²) >= 11 is 6.19. The predicted octanol–water partition coefficient (Wildman–Crippen LogP) is 6.36. The first-order valence-electron chi connectivity index (χ1n) is 12.0. The molecule has 0 aliphatic carbocycles. The molecule has 0 spiro atoms. The van der Waals surface area contributed by atoms with Gasteiger partial charge in [-0.2, -0.15) is 0 Å². The number of hydrogen-bond donors (Lipinski definition) is 0. The van der Waals surface area contributed by atoms with Crippen LogP contribution in [0.1, 0.15) is 65.4 Å². The normalized spacial score (nSPS) is 14.4. The summed E-state index contributed by atoms with van der Waals surface area (Å²) in [5, 5.41) is 9.41. The van der Waals surface area contributed by atoms with Crippen LogP contribution >= 0.6 is 11.6 Å². The molecule has 0 amide bonds. The van der Waals surface area contributed by atoms with Crippen LogP contribution in [-0.2, 0) is 4.79 Å². The monoisotopic (exact) mass is 496 g/mol. The molecule has 0 bridgehead atoms. The first kappa shape index (κ1) is 23.8. The summed E-state index contributed by atoms with van der Waals surface area (Å²) in [5.41, 5.74) is 5.92. The van der Waals surface area contributed by atoms with Gasteiger partial charge in [0, 0.05) is 34.6 Å². The van der Waals surface area contributed by atoms with Gasteiger partial charge in [0.05, 0.1) is 11.4 Å². The Balaban J connectivity index is 1.75. The Hall–Kier alpha value is -3.90. The molecule has 36 heavy (non-hydrogen) atoms. The number of Topliss-reactive ketones (excluding diaryl/α,β-unsaturated/α-hetero) is 1. The first-order valence-corrected chi connectivity index (χ1v) is 12.3. The number of nitrogens with zero attached hydrogens (tertiary/aromatic N) is 4. The zero-order valence-corrected chi connectivity index (χ0v) is 20.9. The quantitative estimate of drug-likeness (QED) is 0.279. The van der Waals surface area contributed by atoms with Gasteiger partial charge in [0.2, 0.25) is 0 Å². The highest BCUT2D eigenvalue weighted by Crippen LogP contribution is 2.35. The third-order valence-corrected chi connectivity index (χ3v) is 6.60. The molecule has 4 aromatic rings. The van der Waals surface area contributed by atoms with E-state index < -0.39 is 6.04 Å². The van der Waals surface area contributed by atoms with E-state index in [0.717, 1.165) is 52.2 Å². The van der Waals surface area contributed by atoms with E-state index in [1.54, 1.807) is 6.07 Å². The van der Waals surface area contributed by atoms with Gasteiger partial charge in [-0.05, 0) is 54.8 Å². The van der Waals surface area contributed by atoms with E-state index in [2.05, 4.69) is 16.3 Å². The fourth-order valence-electron chi connectivity index (χ4n) is 4.64. The number of carbonyl (C=O) groups is 2. The first-order chi connectivity index (χ1) is 17.5. The van der Waals surface area contributed by atoms with Crippen molar-refractivity contribution in [3.63, 3.8) is 0 Å². The molecular weight excluding hydrogens is 472 g/mol. The maximum absolute atomic E-state index is 12.7. The summed E-state index contributed by atoms with van der Waals surface area (Å²) in [6.45, 7) is 3.90. The summed E-state index contributed by atoms with van der Waals surface area (Å²) in [7, 11) is 0. The number of aldehydes is 1. The number of hydrogen-bond acceptors (Lipinski definition) is 5. The molecule has 0 saturated heterocycles. The molecule has 1 aromatic heterocycles. The van der Waals surface area contributed by atoms with Crippen molar-refractivity contribution >= 4 is 29.4 Å². The Morgan fingerprint density at radius 3 is 2.50 bits per heavy atom. The SMILES string of the molecule is CCCC(=O)C[C@@H]1N=C(c2ccc(Cl)cc2)c2cc(-c3cccc(C=O)c3)ccc2-n2c(C)nnc21. The minimum atomic E-state index is -0.467. The van der Waals surface area contributed by atoms with Gasteiger partial charge in [-0.1, -0.05) is 54.9 Å². The van der Waals surface area contributed by atoms with Gasteiger partial charge in [0.25, 0.3) is 0 Å². The van der Waals surface area contributed by atoms with Gasteiger partial charge in [0.1, 0.15) is 23.9 Å². The van der Waals surface area contributed by atoms with Crippen LogP contribution in [0.3, 0.4) is 0 Å². The number of aromatic nitrogens is 3. The van der Waals surface area contributed by atoms with Crippen LogP contribution in [0.5, 0.6) is 0 Å². The maximum Gasteiger partial charge on any atom is 0.162 e. The summed E-state index contributed by atoms with van der Waals surface area (Å²) in [4.78, 5) is 29.2. The fraction of sp³-hybridized carbons (Fsp3) is 0.207. The molecule has 0 radical (unpaired) electrons. The van der Waals surface area contributed by atoms with Crippen LogP contribution in [0.2, 0.25) is 5.02 Å². The van der Waals surface area contributed by atoms with Crippen LogP contribution < -0.4 is 0 Å². The van der Waals surface area contributed by atoms with Gasteiger partial charge in [-0.15, -0.1) is 10.2 Å². The van der Waals surface area contributed by atoms with Crippen molar-refractivity contribution in [2.75, 3.05) is 0 Å². The van der Waals surface area contributed by atoms with E-state index >= 15 is 0 Å². The molecule has 180 valence electrons. The van der Waals surface area contributed by atoms with Crippen LogP contribution in [0.4, 0.5) is 0 Å². The van der Waals surface area contributed by atoms with Crippen molar-refractivity contribution in [2.45, 2.75) is 39.2 Å². The highest BCUT2D eigenvalue weighted by Gasteiger charge is 2.29. The zero-order chi connectivity index (χ0) is 25.2. The number of rotatable bonds is 7. The summed E-state index contributed by atoms with van der Waals surface area (Å²) in [6, 6.07) is 20.7. The lowest BCUT2D eigenvalue weighted by molar-refractivity contribution is -0.119. The Bertz CT molecular complexity index is 1490. The summed E-state index contributed by atoms with van der Waals surface area (Å²) < 4.78 is 2.00. The molecular formula is C29H25ClN4O2. The number of ketones is 1. The second-order valence-electron chi connectivity index (χ2n) is 8.91. The van der Waals surface area contributed by atoms with Crippen molar-refractivity contribution in [1.82, 2.24) is 14.8 Å². The molecule has 1 aliphatic heterocycles. The molecule has 0 N–H and O–H groups in total. The topological polar surface area (TPSA) is 77.2 Å². The minimum Gasteiger partial charge on any atom is -0.300 e. The third kappa shape index (κ3) is 4.52. The molecule has 1 aliphatic rings. The number of benzene rings is 3. The number of aliphatic imine (C=N–C) groups is 1. The minimum absolute atomic E-state index is 0.145. The van der Waals surface area contributed by atoms with E-state index in [9.17, 15) is 9.59 Å². The van der Waals surface area contributed by atoms with E-state index in [-0.39, 0.29) is 12.2 Å². The standard InChI is InChI=1S/C29H25ClN4O2/c1-3-5-24(36)16-26-29-33-32-18(2)34(29)27-13-10-22(21-7-4-6-19(14-21)17-35)15-25(27)28(31-26)20-8-11-23(30)12-9-20/h4,6-15,17,26H,3,5,16H2,1-2H3/t26-/m0/s1. The molecule has 3 aromatic carbocycles. The van der Waals surface area contributed by atoms with E-state index in [1.807, 2.05) is 73.0 Å². The van der Waals surface area contributed by atoms with E-state index in [0.29, 0.717) is 22.8 Å². The Morgan fingerprint density at radius 1 is 1.00 bits per heavy atom. The average molecular weight is 497 g/mol. The van der Waals surface area contributed by atoms with Crippen molar-refractivity contribution < 1.29 is 9.59 Å². The molecule has 5 rings (SSSR count). The van der Waals surface area contributed by atoms with Crippen LogP contribution in [0.25, 0.3) is 16.8 Å². The highest BCUT2D eigenvalue weighted by molar-refractivity contribution is 6.30. The lowest BCUT2D eigenvalue weighted by atomic mass is 9.95. The van der Waals surface area contributed by atoms with Gasteiger partial charge in [-0.25, -0.2) is 0 Å². The smallest absolute Gasteiger partial charge is 0.162 e. The Kier molecular flexibility index (Phi) is 6.61. The van der Waals surface area contributed by atoms with Gasteiger partial charge in [0.15, 0.2) is 5.82 Å². The lowest BCUT2D eigenvalue weighted by Crippen LogP contribution is -2.11. The summed E-state index contributed by atoms with van der Waals surface area (Å²) in [5.74, 6) is 1.52. The van der Waals surface area contributed by atoms with Crippen molar-refractivity contribution in [3.05, 3.63) is 100 Å². The van der Waals surface area contributed by atoms with Crippen LogP contribution in [0.15, 0.2) is 71.7 Å². The molecule has 0 fully saturated rings. The third-order valence-electron chi connectivity index (χ3n) is 6.35. The van der Waals surface area contributed by atoms with Crippen molar-refractivity contribution in [2.24, 2.45) is 4.99 Å². The second kappa shape index (κ2) is 9.99. The molecule has 7 heteroatoms. The Morgan fingerprint density at radius 2 is 1.75 bits per heavy atom. The molecule has 6 nitrogen and oxygen atoms in total. The van der Waals surface area contributed by atoms with Crippen LogP contribution in [0, 0.1) is 6.92 Å². The van der Waals surface area contributed by atoms with Gasteiger partial charge < -0.3 is 0 Å². The fourth-order valence-corrected chi connectivity index (χ4v) is 4.76. The van der Waals surface area contributed by atoms with E-state index in [4.69, 9.17) is 16.6 Å². The van der Waals surface area contributed by atoms with Crippen molar-refractivity contribution in [3.8, 4) is 16.8 Å². The maximum atomic E-state index is 12.7. The molecule has 0 saturated carbocycles. The van der Waals surface area contributed by atoms with Gasteiger partial charge in [-0.3, -0.25) is 19.1 Å².